The minimum Gasteiger partial charge on any atom is -0.497 e. The summed E-state index contributed by atoms with van der Waals surface area (Å²) in [6.07, 6.45) is 1.51. The van der Waals surface area contributed by atoms with Gasteiger partial charge in [0, 0.05) is 17.9 Å². The maximum Gasteiger partial charge on any atom is 0.290 e. The van der Waals surface area contributed by atoms with Crippen LogP contribution in [0.2, 0.25) is 0 Å². The number of ether oxygens (including phenoxy) is 2. The van der Waals surface area contributed by atoms with Gasteiger partial charge in [-0.05, 0) is 30.3 Å². The van der Waals surface area contributed by atoms with Gasteiger partial charge in [-0.25, -0.2) is 0 Å². The topological polar surface area (TPSA) is 51.9 Å². The molecule has 1 amide bonds. The number of carbonyl (C=O) groups excluding carboxylic acids is 1. The number of hydrogen-bond acceptors (Lipinski definition) is 5. The van der Waals surface area contributed by atoms with Gasteiger partial charge < -0.3 is 18.8 Å². The molecule has 1 aromatic heterocycles. The molecule has 2 heterocycles. The van der Waals surface area contributed by atoms with Gasteiger partial charge in [-0.2, -0.15) is 0 Å². The normalized spacial score (nSPS) is 17.5. The van der Waals surface area contributed by atoms with E-state index in [0.717, 1.165) is 22.8 Å². The molecule has 0 bridgehead atoms. The van der Waals surface area contributed by atoms with E-state index in [1.54, 1.807) is 43.0 Å². The van der Waals surface area contributed by atoms with Gasteiger partial charge in [0.05, 0.1) is 20.5 Å². The van der Waals surface area contributed by atoms with Crippen LogP contribution >= 0.6 is 11.8 Å². The summed E-state index contributed by atoms with van der Waals surface area (Å²) in [4.78, 5) is 14.4. The second kappa shape index (κ2) is 6.36. The first-order valence-corrected chi connectivity index (χ1v) is 7.97. The second-order valence-corrected chi connectivity index (χ2v) is 5.99. The zero-order valence-corrected chi connectivity index (χ0v) is 13.3. The minimum absolute atomic E-state index is 0.107. The lowest BCUT2D eigenvalue weighted by atomic mass is 10.1. The molecule has 3 rings (SSSR count). The van der Waals surface area contributed by atoms with Crippen molar-refractivity contribution in [3.8, 4) is 11.5 Å². The Hall–Kier alpha value is -2.08. The maximum absolute atomic E-state index is 12.6. The molecular formula is C16H17NO4S. The lowest BCUT2D eigenvalue weighted by Gasteiger charge is -2.25. The van der Waals surface area contributed by atoms with E-state index in [1.807, 2.05) is 18.2 Å². The first kappa shape index (κ1) is 14.8. The number of benzene rings is 1. The van der Waals surface area contributed by atoms with E-state index in [9.17, 15) is 4.79 Å². The minimum atomic E-state index is -0.109. The molecule has 0 saturated carbocycles. The van der Waals surface area contributed by atoms with Crippen LogP contribution in [0, 0.1) is 0 Å². The molecule has 0 N–H and O–H groups in total. The highest BCUT2D eigenvalue weighted by Gasteiger charge is 2.34. The average Bonchev–Trinajstić information content (AvgIpc) is 3.24. The molecule has 22 heavy (non-hydrogen) atoms. The Bertz CT molecular complexity index is 656. The van der Waals surface area contributed by atoms with Gasteiger partial charge in [-0.1, -0.05) is 0 Å². The van der Waals surface area contributed by atoms with Gasteiger partial charge in [-0.3, -0.25) is 4.79 Å². The van der Waals surface area contributed by atoms with Crippen molar-refractivity contribution in [2.45, 2.75) is 5.37 Å². The predicted octanol–water partition coefficient (Wildman–Crippen LogP) is 3.18. The number of furan rings is 1. The fraction of sp³-hybridized carbons (Fsp3) is 0.312. The molecule has 1 aliphatic rings. The van der Waals surface area contributed by atoms with Crippen molar-refractivity contribution in [3.63, 3.8) is 0 Å². The SMILES string of the molecule is COc1ccc(OC)c([C@@H]2SCCN2C(=O)c2ccco2)c1. The summed E-state index contributed by atoms with van der Waals surface area (Å²) in [5.74, 6) is 2.61. The molecule has 1 aliphatic heterocycles. The molecule has 1 aromatic carbocycles. The van der Waals surface area contributed by atoms with Gasteiger partial charge in [0.1, 0.15) is 16.9 Å². The molecule has 6 heteroatoms. The monoisotopic (exact) mass is 319 g/mol. The molecule has 5 nitrogen and oxygen atoms in total. The standard InChI is InChI=1S/C16H17NO4S/c1-19-11-5-6-13(20-2)12(10-11)16-17(7-9-22-16)15(18)14-4-3-8-21-14/h3-6,8,10,16H,7,9H2,1-2H3/t16-/m0/s1. The highest BCUT2D eigenvalue weighted by molar-refractivity contribution is 7.99. The van der Waals surface area contributed by atoms with Gasteiger partial charge in [0.25, 0.3) is 5.91 Å². The molecule has 0 radical (unpaired) electrons. The van der Waals surface area contributed by atoms with E-state index in [4.69, 9.17) is 13.9 Å². The highest BCUT2D eigenvalue weighted by atomic mass is 32.2. The lowest BCUT2D eigenvalue weighted by Crippen LogP contribution is -2.30. The Balaban J connectivity index is 1.94. The van der Waals surface area contributed by atoms with Gasteiger partial charge in [0.15, 0.2) is 5.76 Å². The zero-order valence-electron chi connectivity index (χ0n) is 12.4. The Morgan fingerprint density at radius 2 is 2.18 bits per heavy atom. The van der Waals surface area contributed by atoms with Crippen molar-refractivity contribution in [2.24, 2.45) is 0 Å². The van der Waals surface area contributed by atoms with Crippen molar-refractivity contribution in [1.82, 2.24) is 4.90 Å². The molecule has 0 spiro atoms. The van der Waals surface area contributed by atoms with Gasteiger partial charge >= 0.3 is 0 Å². The highest BCUT2D eigenvalue weighted by Crippen LogP contribution is 2.43. The van der Waals surface area contributed by atoms with E-state index in [0.29, 0.717) is 12.3 Å². The van der Waals surface area contributed by atoms with Crippen LogP contribution in [0.4, 0.5) is 0 Å². The first-order valence-electron chi connectivity index (χ1n) is 6.92. The van der Waals surface area contributed by atoms with Crippen LogP contribution in [0.1, 0.15) is 21.5 Å². The number of hydrogen-bond donors (Lipinski definition) is 0. The number of amides is 1. The Kier molecular flexibility index (Phi) is 4.29. The maximum atomic E-state index is 12.6. The Morgan fingerprint density at radius 1 is 1.32 bits per heavy atom. The fourth-order valence-corrected chi connectivity index (χ4v) is 3.78. The third-order valence-corrected chi connectivity index (χ3v) is 4.83. The van der Waals surface area contributed by atoms with Crippen molar-refractivity contribution in [2.75, 3.05) is 26.5 Å². The average molecular weight is 319 g/mol. The second-order valence-electron chi connectivity index (χ2n) is 4.81. The van der Waals surface area contributed by atoms with Crippen LogP contribution in [-0.4, -0.2) is 37.3 Å². The van der Waals surface area contributed by atoms with Crippen LogP contribution in [0.5, 0.6) is 11.5 Å². The number of nitrogens with zero attached hydrogens (tertiary/aromatic N) is 1. The summed E-state index contributed by atoms with van der Waals surface area (Å²) < 4.78 is 16.0. The van der Waals surface area contributed by atoms with E-state index in [-0.39, 0.29) is 11.3 Å². The Labute approximate surface area is 133 Å². The lowest BCUT2D eigenvalue weighted by molar-refractivity contribution is 0.0727. The summed E-state index contributed by atoms with van der Waals surface area (Å²) in [6.45, 7) is 0.676. The number of carbonyl (C=O) groups is 1. The third-order valence-electron chi connectivity index (χ3n) is 3.59. The van der Waals surface area contributed by atoms with Crippen LogP contribution in [0.25, 0.3) is 0 Å². The molecule has 1 fully saturated rings. The van der Waals surface area contributed by atoms with E-state index in [2.05, 4.69) is 0 Å². The summed E-state index contributed by atoms with van der Waals surface area (Å²) in [5.41, 5.74) is 0.934. The molecular weight excluding hydrogens is 302 g/mol. The van der Waals surface area contributed by atoms with Crippen molar-refractivity contribution in [3.05, 3.63) is 47.9 Å². The first-order chi connectivity index (χ1) is 10.7. The number of methoxy groups -OCH3 is 2. The largest absolute Gasteiger partial charge is 0.497 e. The van der Waals surface area contributed by atoms with E-state index in [1.165, 1.54) is 6.26 Å². The summed E-state index contributed by atoms with van der Waals surface area (Å²) in [7, 11) is 3.25. The predicted molar refractivity (Wildman–Crippen MR) is 84.5 cm³/mol. The van der Waals surface area contributed by atoms with Crippen molar-refractivity contribution in [1.29, 1.82) is 0 Å². The summed E-state index contributed by atoms with van der Waals surface area (Å²) in [5, 5.41) is -0.109. The smallest absolute Gasteiger partial charge is 0.290 e. The van der Waals surface area contributed by atoms with Crippen LogP contribution in [-0.2, 0) is 0 Å². The third kappa shape index (κ3) is 2.66. The van der Waals surface area contributed by atoms with E-state index < -0.39 is 0 Å². The van der Waals surface area contributed by atoms with Crippen molar-refractivity contribution >= 4 is 17.7 Å². The molecule has 0 aliphatic carbocycles. The van der Waals surface area contributed by atoms with Crippen molar-refractivity contribution < 1.29 is 18.7 Å². The summed E-state index contributed by atoms with van der Waals surface area (Å²) in [6, 6.07) is 9.04. The van der Waals surface area contributed by atoms with Crippen LogP contribution in [0.15, 0.2) is 41.0 Å². The molecule has 1 atom stereocenters. The summed E-state index contributed by atoms with van der Waals surface area (Å²) >= 11 is 1.71. The number of thioether (sulfide) groups is 1. The molecule has 0 unspecified atom stereocenters. The van der Waals surface area contributed by atoms with Crippen LogP contribution < -0.4 is 9.47 Å². The van der Waals surface area contributed by atoms with Gasteiger partial charge in [-0.15, -0.1) is 11.8 Å². The quantitative estimate of drug-likeness (QED) is 0.866. The molecule has 1 saturated heterocycles. The van der Waals surface area contributed by atoms with Crippen LogP contribution in [0.3, 0.4) is 0 Å². The van der Waals surface area contributed by atoms with E-state index >= 15 is 0 Å². The number of rotatable bonds is 4. The van der Waals surface area contributed by atoms with Gasteiger partial charge in [0.2, 0.25) is 0 Å². The Morgan fingerprint density at radius 3 is 2.86 bits per heavy atom. The molecule has 2 aromatic rings. The fourth-order valence-electron chi connectivity index (χ4n) is 2.51. The molecule has 116 valence electrons. The zero-order chi connectivity index (χ0) is 15.5.